The Morgan fingerprint density at radius 2 is 2.36 bits per heavy atom. The second-order valence-electron chi connectivity index (χ2n) is 2.66. The first kappa shape index (κ1) is 11.0. The number of nitriles is 1. The van der Waals surface area contributed by atoms with Gasteiger partial charge in [-0.15, -0.1) is 0 Å². The molecule has 0 saturated heterocycles. The Bertz CT molecular complexity index is 375. The summed E-state index contributed by atoms with van der Waals surface area (Å²) >= 11 is 2.95. The van der Waals surface area contributed by atoms with Crippen molar-refractivity contribution in [2.24, 2.45) is 4.99 Å². The van der Waals surface area contributed by atoms with Gasteiger partial charge in [-0.1, -0.05) is 23.1 Å². The molecule has 0 spiro atoms. The summed E-state index contributed by atoms with van der Waals surface area (Å²) < 4.78 is 0.868. The lowest BCUT2D eigenvalue weighted by molar-refractivity contribution is 0.643. The van der Waals surface area contributed by atoms with Gasteiger partial charge in [0.25, 0.3) is 0 Å². The Hall–Kier alpha value is -1.06. The summed E-state index contributed by atoms with van der Waals surface area (Å²) in [5.41, 5.74) is 0.400. The molecule has 6 heteroatoms. The molecule has 0 aliphatic carbocycles. The van der Waals surface area contributed by atoms with Crippen molar-refractivity contribution < 1.29 is 0 Å². The van der Waals surface area contributed by atoms with Crippen LogP contribution in [0.2, 0.25) is 0 Å². The van der Waals surface area contributed by atoms with Gasteiger partial charge in [0, 0.05) is 14.1 Å². The fraction of sp³-hybridized carbons (Fsp3) is 0.375. The molecule has 1 rings (SSSR count). The first-order valence-corrected chi connectivity index (χ1v) is 5.87. The summed E-state index contributed by atoms with van der Waals surface area (Å²) in [5, 5.41) is 9.46. The number of thioether (sulfide) groups is 1. The summed E-state index contributed by atoms with van der Waals surface area (Å²) in [6.45, 7) is 0. The van der Waals surface area contributed by atoms with E-state index in [9.17, 15) is 0 Å². The molecule has 0 aliphatic heterocycles. The van der Waals surface area contributed by atoms with Crippen LogP contribution in [0, 0.1) is 11.3 Å². The maximum Gasteiger partial charge on any atom is 0.178 e. The largest absolute Gasteiger partial charge is 0.369 e. The topological polar surface area (TPSA) is 52.3 Å². The van der Waals surface area contributed by atoms with Crippen LogP contribution in [0.3, 0.4) is 0 Å². The van der Waals surface area contributed by atoms with E-state index < -0.39 is 0 Å². The summed E-state index contributed by atoms with van der Waals surface area (Å²) in [6.07, 6.45) is 3.60. The summed E-state index contributed by atoms with van der Waals surface area (Å²) in [6, 6.07) is 2.03. The lowest BCUT2D eigenvalue weighted by Crippen LogP contribution is -2.06. The van der Waals surface area contributed by atoms with Crippen LogP contribution in [-0.4, -0.2) is 36.6 Å². The van der Waals surface area contributed by atoms with Crippen molar-refractivity contribution in [2.45, 2.75) is 4.34 Å². The Kier molecular flexibility index (Phi) is 3.92. The molecule has 0 unspecified atom stereocenters. The number of hydrogen-bond donors (Lipinski definition) is 0. The third kappa shape index (κ3) is 2.72. The minimum Gasteiger partial charge on any atom is -0.369 e. The highest BCUT2D eigenvalue weighted by Gasteiger charge is 2.08. The molecule has 0 bridgehead atoms. The van der Waals surface area contributed by atoms with Crippen LogP contribution < -0.4 is 0 Å². The van der Waals surface area contributed by atoms with Crippen LogP contribution >= 0.6 is 23.1 Å². The van der Waals surface area contributed by atoms with Crippen molar-refractivity contribution in [3.63, 3.8) is 0 Å². The Balaban J connectivity index is 2.96. The Morgan fingerprint density at radius 1 is 1.64 bits per heavy atom. The molecule has 14 heavy (non-hydrogen) atoms. The van der Waals surface area contributed by atoms with Crippen molar-refractivity contribution >= 4 is 34.4 Å². The summed E-state index contributed by atoms with van der Waals surface area (Å²) in [4.78, 5) is 10.1. The van der Waals surface area contributed by atoms with Gasteiger partial charge in [0.15, 0.2) is 15.0 Å². The first-order valence-electron chi connectivity index (χ1n) is 3.83. The zero-order chi connectivity index (χ0) is 10.6. The average molecular weight is 226 g/mol. The van der Waals surface area contributed by atoms with Gasteiger partial charge < -0.3 is 4.90 Å². The number of nitrogens with zero attached hydrogens (tertiary/aromatic N) is 4. The van der Waals surface area contributed by atoms with Crippen LogP contribution in [0.15, 0.2) is 9.33 Å². The number of rotatable bonds is 3. The van der Waals surface area contributed by atoms with E-state index in [-0.39, 0.29) is 0 Å². The fourth-order valence-electron chi connectivity index (χ4n) is 0.709. The van der Waals surface area contributed by atoms with Crippen molar-refractivity contribution in [1.29, 1.82) is 5.26 Å². The molecule has 1 aromatic heterocycles. The quantitative estimate of drug-likeness (QED) is 0.449. The molecule has 0 saturated carbocycles. The summed E-state index contributed by atoms with van der Waals surface area (Å²) in [5.74, 6) is 0. The molecule has 1 aromatic rings. The third-order valence-corrected chi connectivity index (χ3v) is 3.22. The van der Waals surface area contributed by atoms with Crippen molar-refractivity contribution in [1.82, 2.24) is 9.88 Å². The third-order valence-electron chi connectivity index (χ3n) is 1.28. The van der Waals surface area contributed by atoms with E-state index in [0.29, 0.717) is 10.7 Å². The molecule has 1 heterocycles. The first-order chi connectivity index (χ1) is 6.67. The van der Waals surface area contributed by atoms with Gasteiger partial charge in [-0.05, 0) is 6.26 Å². The van der Waals surface area contributed by atoms with Gasteiger partial charge in [-0.2, -0.15) is 5.26 Å². The minimum absolute atomic E-state index is 0.400. The van der Waals surface area contributed by atoms with E-state index in [0.717, 1.165) is 4.34 Å². The smallest absolute Gasteiger partial charge is 0.178 e. The normalized spacial score (nSPS) is 10.4. The van der Waals surface area contributed by atoms with Gasteiger partial charge in [-0.25, -0.2) is 9.98 Å². The van der Waals surface area contributed by atoms with E-state index in [1.807, 2.05) is 31.3 Å². The van der Waals surface area contributed by atoms with Crippen molar-refractivity contribution in [2.75, 3.05) is 20.4 Å². The lowest BCUT2D eigenvalue weighted by atomic mass is 10.5. The maximum atomic E-state index is 8.79. The van der Waals surface area contributed by atoms with E-state index in [1.54, 1.807) is 6.34 Å². The molecular formula is C8H10N4S2. The fourth-order valence-corrected chi connectivity index (χ4v) is 2.05. The molecular weight excluding hydrogens is 216 g/mol. The second kappa shape index (κ2) is 4.98. The highest BCUT2D eigenvalue weighted by atomic mass is 32.2. The Morgan fingerprint density at radius 3 is 2.86 bits per heavy atom. The van der Waals surface area contributed by atoms with Crippen LogP contribution in [0.5, 0.6) is 0 Å². The standard InChI is InChI=1S/C8H10N4S2/c1-12(2)5-10-7-6(4-9)11-8(13-3)14-7/h5H,1-3H3/b10-5+. The predicted molar refractivity (Wildman–Crippen MR) is 60.4 cm³/mol. The van der Waals surface area contributed by atoms with Crippen LogP contribution in [0.1, 0.15) is 5.69 Å². The zero-order valence-corrected chi connectivity index (χ0v) is 9.82. The molecule has 0 aromatic carbocycles. The number of aliphatic imine (C=N–C) groups is 1. The molecule has 0 atom stereocenters. The molecule has 0 fully saturated rings. The Labute approximate surface area is 91.3 Å². The van der Waals surface area contributed by atoms with Gasteiger partial charge in [0.2, 0.25) is 0 Å². The molecule has 74 valence electrons. The van der Waals surface area contributed by atoms with E-state index in [2.05, 4.69) is 9.98 Å². The summed E-state index contributed by atoms with van der Waals surface area (Å²) in [7, 11) is 3.76. The zero-order valence-electron chi connectivity index (χ0n) is 8.18. The van der Waals surface area contributed by atoms with Crippen LogP contribution in [-0.2, 0) is 0 Å². The highest BCUT2D eigenvalue weighted by molar-refractivity contribution is 8.00. The number of thiazole rings is 1. The number of aromatic nitrogens is 1. The van der Waals surface area contributed by atoms with Gasteiger partial charge >= 0.3 is 0 Å². The van der Waals surface area contributed by atoms with Gasteiger partial charge in [0.1, 0.15) is 6.07 Å². The highest BCUT2D eigenvalue weighted by Crippen LogP contribution is 2.31. The van der Waals surface area contributed by atoms with Crippen LogP contribution in [0.25, 0.3) is 0 Å². The number of hydrogen-bond acceptors (Lipinski definition) is 5. The van der Waals surface area contributed by atoms with Crippen LogP contribution in [0.4, 0.5) is 5.00 Å². The SMILES string of the molecule is CSc1nc(C#N)c(/N=C/N(C)C)s1. The van der Waals surface area contributed by atoms with Gasteiger partial charge in [0.05, 0.1) is 6.34 Å². The second-order valence-corrected chi connectivity index (χ2v) is 4.69. The van der Waals surface area contributed by atoms with Crippen molar-refractivity contribution in [3.05, 3.63) is 5.69 Å². The monoisotopic (exact) mass is 226 g/mol. The van der Waals surface area contributed by atoms with Crippen molar-refractivity contribution in [3.8, 4) is 6.07 Å². The van der Waals surface area contributed by atoms with E-state index in [4.69, 9.17) is 5.26 Å². The van der Waals surface area contributed by atoms with Gasteiger partial charge in [-0.3, -0.25) is 0 Å². The lowest BCUT2D eigenvalue weighted by Gasteiger charge is -2.00. The predicted octanol–water partition coefficient (Wildman–Crippen LogP) is 1.96. The van der Waals surface area contributed by atoms with E-state index in [1.165, 1.54) is 23.1 Å². The molecule has 0 amide bonds. The maximum absolute atomic E-state index is 8.79. The molecule has 0 N–H and O–H groups in total. The molecule has 0 aliphatic rings. The average Bonchev–Trinajstić information content (AvgIpc) is 2.57. The minimum atomic E-state index is 0.400. The molecule has 4 nitrogen and oxygen atoms in total. The molecule has 0 radical (unpaired) electrons. The van der Waals surface area contributed by atoms with E-state index >= 15 is 0 Å².